The van der Waals surface area contributed by atoms with Crippen LogP contribution in [0.1, 0.15) is 50.3 Å². The molecule has 624 valence electrons. The molecule has 130 heavy (non-hydrogen) atoms. The van der Waals surface area contributed by atoms with Crippen molar-refractivity contribution in [1.82, 2.24) is 43.4 Å². The van der Waals surface area contributed by atoms with Gasteiger partial charge in [-0.3, -0.25) is 14.4 Å². The van der Waals surface area contributed by atoms with Crippen LogP contribution in [0.3, 0.4) is 0 Å². The summed E-state index contributed by atoms with van der Waals surface area (Å²) >= 11 is 0. The number of amides is 3. The predicted molar refractivity (Wildman–Crippen MR) is 523 cm³/mol. The summed E-state index contributed by atoms with van der Waals surface area (Å²) in [5.74, 6) is -0.749. The van der Waals surface area contributed by atoms with Gasteiger partial charge in [-0.25, -0.2) is 0 Å². The molecule has 3 amide bonds. The first-order valence-corrected chi connectivity index (χ1v) is 43.8. The molecule has 0 spiro atoms. The molecule has 0 unspecified atom stereocenters. The van der Waals surface area contributed by atoms with Gasteiger partial charge in [-0.1, -0.05) is 253 Å². The number of carbonyl (C=O) groups is 3. The van der Waals surface area contributed by atoms with Crippen molar-refractivity contribution >= 4 is 83.1 Å². The average molecular weight is 1860 g/mol. The number of hydrogen-bond donors (Lipinski definition) is 0. The van der Waals surface area contributed by atoms with Gasteiger partial charge in [-0.15, -0.1) is 71.3 Å². The Balaban J connectivity index is 0.0000102. The second-order valence-corrected chi connectivity index (χ2v) is 33.6. The van der Waals surface area contributed by atoms with Crippen LogP contribution in [0.2, 0.25) is 0 Å². The van der Waals surface area contributed by atoms with Crippen molar-refractivity contribution in [3.63, 3.8) is 0 Å². The van der Waals surface area contributed by atoms with E-state index in [0.717, 1.165) is 149 Å². The molecule has 13 heteroatoms. The molecule has 15 aromatic carbocycles. The van der Waals surface area contributed by atoms with Crippen molar-refractivity contribution in [2.45, 2.75) is 37.4 Å². The van der Waals surface area contributed by atoms with E-state index >= 15 is 14.4 Å². The van der Waals surface area contributed by atoms with E-state index in [1.807, 2.05) is 145 Å². The first kappa shape index (κ1) is 81.3. The van der Waals surface area contributed by atoms with E-state index < -0.39 is 18.1 Å². The summed E-state index contributed by atoms with van der Waals surface area (Å²) in [7, 11) is 5.61. The smallest absolute Gasteiger partial charge is 0.346 e. The zero-order valence-electron chi connectivity index (χ0n) is 71.5. The number of aromatic nitrogens is 6. The van der Waals surface area contributed by atoms with Gasteiger partial charge in [0.05, 0.1) is 33.1 Å². The number of nitrogens with zero attached hydrogens (tertiary/aromatic N) is 9. The van der Waals surface area contributed by atoms with Gasteiger partial charge >= 0.3 is 20.1 Å². The van der Waals surface area contributed by atoms with Crippen LogP contribution >= 0.6 is 0 Å². The molecule has 0 N–H and O–H groups in total. The maximum absolute atomic E-state index is 16.6. The van der Waals surface area contributed by atoms with Crippen LogP contribution in [-0.4, -0.2) is 100 Å². The third kappa shape index (κ3) is 14.9. The molecule has 0 atom stereocenters. The molecule has 21 aromatic rings. The minimum absolute atomic E-state index is 0. The largest absolute Gasteiger partial charge is 3.00 e. The summed E-state index contributed by atoms with van der Waals surface area (Å²) < 4.78 is 6.93. The van der Waals surface area contributed by atoms with Crippen LogP contribution in [0.4, 0.5) is 0 Å². The number of rotatable bonds is 18. The fourth-order valence-corrected chi connectivity index (χ4v) is 19.6. The van der Waals surface area contributed by atoms with Crippen LogP contribution in [0.15, 0.2) is 401 Å². The zero-order chi connectivity index (χ0) is 86.7. The van der Waals surface area contributed by atoms with E-state index in [0.29, 0.717) is 69.7 Å². The minimum Gasteiger partial charge on any atom is -0.346 e. The van der Waals surface area contributed by atoms with Crippen molar-refractivity contribution < 1.29 is 34.5 Å². The van der Waals surface area contributed by atoms with E-state index in [1.54, 1.807) is 18.6 Å². The SMILES string of the molecule is CN(C(=O)c1c[c-]c(-c2ccccn2)cc1-c1cccc(-n2c3ccccc3c3cc(-c4ccccc4)ccc32)c1)C1CC(N(C)C(=O)c2c[c-]c(-c3ccccn3)cc2-c2cccc(-n3c4ccccc4c4cc(-c5ccccc5)ccc43)c2)CC(N(C)C(=O)c2c[c-]c(-c3ccccn3)cc2-c2cccc(-n3c4ccccc4c4cc(-c5ccccc5)ccc43)c2)C1.[Ir+3]. The standard InChI is InChI=1S/C117H84N9O3.Ir/c1-121(115(127)97-55-49-85(106-43-19-22-61-118-106)70-100(97)82-34-25-37-88(64-82)124-109-46-16-13-40-94(109)103-67-79(52-58-112(103)124)76-28-7-4-8-29-76)91-73-92(122(2)116(128)98-56-50-86(107-44-20-23-62-119-107)71-101(98)83-35-26-38-89(65-83)125-110-47-17-14-41-95(110)104-68-80(53-59-113(104)125)77-30-9-5-10-31-77)75-93(74-91)123(3)117(129)99-57-51-87(108-45-21-24-63-120-108)72-102(99)84-36-27-39-90(66-84)126-111-48-18-15-42-96(111)105-69-81(54-60-114(105)126)78-32-11-6-12-33-78;/h4-48,52-72,91-93H,73-75H2,1-3H3;/q-3;+3. The maximum atomic E-state index is 16.6. The third-order valence-corrected chi connectivity index (χ3v) is 26.2. The quantitative estimate of drug-likeness (QED) is 0.0791. The molecule has 1 aliphatic rings. The summed E-state index contributed by atoms with van der Waals surface area (Å²) in [6, 6.07) is 140. The van der Waals surface area contributed by atoms with E-state index in [1.165, 1.54) is 0 Å². The van der Waals surface area contributed by atoms with Gasteiger partial charge in [-0.05, 0) is 212 Å². The number of carbonyl (C=O) groups excluding carboxylic acids is 3. The Hall–Kier alpha value is -15.8. The molecular weight excluding hydrogens is 1770 g/mol. The average Bonchev–Trinajstić information content (AvgIpc) is 1.59. The number of hydrogen-bond acceptors (Lipinski definition) is 6. The minimum atomic E-state index is -0.548. The normalized spacial score (nSPS) is 13.8. The Morgan fingerprint density at radius 2 is 0.523 bits per heavy atom. The second-order valence-electron chi connectivity index (χ2n) is 33.6. The van der Waals surface area contributed by atoms with Gasteiger partial charge in [-0.2, -0.15) is 0 Å². The topological polar surface area (TPSA) is 114 Å². The first-order chi connectivity index (χ1) is 63.5. The third-order valence-electron chi connectivity index (χ3n) is 26.2. The van der Waals surface area contributed by atoms with Crippen LogP contribution in [0, 0.1) is 18.2 Å². The fourth-order valence-electron chi connectivity index (χ4n) is 19.6. The molecular formula is C117H84IrN9O3. The van der Waals surface area contributed by atoms with E-state index in [4.69, 9.17) is 15.0 Å². The molecule has 0 radical (unpaired) electrons. The van der Waals surface area contributed by atoms with Gasteiger partial charge in [0.15, 0.2) is 0 Å². The summed E-state index contributed by atoms with van der Waals surface area (Å²) in [6.45, 7) is 0. The molecule has 22 rings (SSSR count). The first-order valence-electron chi connectivity index (χ1n) is 43.8. The van der Waals surface area contributed by atoms with Gasteiger partial charge in [0.1, 0.15) is 0 Å². The monoisotopic (exact) mass is 1860 g/mol. The fraction of sp³-hybridized carbons (Fsp3) is 0.0769. The molecule has 6 heterocycles. The molecule has 0 bridgehead atoms. The van der Waals surface area contributed by atoms with Crippen LogP contribution in [-0.2, 0) is 20.1 Å². The van der Waals surface area contributed by atoms with E-state index in [2.05, 4.69) is 305 Å². The predicted octanol–water partition coefficient (Wildman–Crippen LogP) is 26.5. The van der Waals surface area contributed by atoms with Gasteiger partial charge in [0.2, 0.25) is 17.7 Å². The van der Waals surface area contributed by atoms with Crippen LogP contribution in [0.25, 0.3) is 183 Å². The van der Waals surface area contributed by atoms with Crippen molar-refractivity contribution in [3.8, 4) is 118 Å². The molecule has 0 aliphatic heterocycles. The Morgan fingerprint density at radius 1 is 0.262 bits per heavy atom. The second kappa shape index (κ2) is 34.5. The van der Waals surface area contributed by atoms with Crippen LogP contribution < -0.4 is 0 Å². The van der Waals surface area contributed by atoms with Crippen molar-refractivity contribution in [1.29, 1.82) is 0 Å². The van der Waals surface area contributed by atoms with Gasteiger partial charge < -0.3 is 43.4 Å². The summed E-state index contributed by atoms with van der Waals surface area (Å²) in [5, 5.41) is 6.74. The maximum Gasteiger partial charge on any atom is 3.00 e. The molecule has 1 saturated carbocycles. The number of pyridine rings is 3. The van der Waals surface area contributed by atoms with Crippen molar-refractivity contribution in [2.75, 3.05) is 21.1 Å². The van der Waals surface area contributed by atoms with Gasteiger partial charge in [0.25, 0.3) is 0 Å². The molecule has 1 fully saturated rings. The molecule has 12 nitrogen and oxygen atoms in total. The van der Waals surface area contributed by atoms with Crippen molar-refractivity contribution in [3.05, 3.63) is 436 Å². The van der Waals surface area contributed by atoms with Crippen molar-refractivity contribution in [2.24, 2.45) is 0 Å². The Labute approximate surface area is 767 Å². The molecule has 0 saturated heterocycles. The molecule has 6 aromatic heterocycles. The Kier molecular flexibility index (Phi) is 21.6. The Bertz CT molecular complexity index is 7190. The summed E-state index contributed by atoms with van der Waals surface area (Å²) in [5.41, 5.74) is 25.9. The summed E-state index contributed by atoms with van der Waals surface area (Å²) in [4.78, 5) is 69.8. The number of fused-ring (bicyclic) bond motifs is 9. The Morgan fingerprint density at radius 3 is 0.808 bits per heavy atom. The van der Waals surface area contributed by atoms with Crippen LogP contribution in [0.5, 0.6) is 0 Å². The van der Waals surface area contributed by atoms with Gasteiger partial charge in [0, 0.05) is 107 Å². The number of benzene rings is 15. The number of para-hydroxylation sites is 3. The molecule has 1 aliphatic carbocycles. The van der Waals surface area contributed by atoms with E-state index in [-0.39, 0.29) is 37.8 Å². The van der Waals surface area contributed by atoms with E-state index in [9.17, 15) is 0 Å². The summed E-state index contributed by atoms with van der Waals surface area (Å²) in [6.07, 6.45) is 6.41. The zero-order valence-corrected chi connectivity index (χ0v) is 73.9.